The van der Waals surface area contributed by atoms with E-state index in [1.165, 1.54) is 25.7 Å². The van der Waals surface area contributed by atoms with Gasteiger partial charge in [0.15, 0.2) is 0 Å². The van der Waals surface area contributed by atoms with E-state index in [9.17, 15) is 0 Å². The first-order chi connectivity index (χ1) is 6.35. The van der Waals surface area contributed by atoms with Gasteiger partial charge in [-0.15, -0.1) is 6.42 Å². The maximum atomic E-state index is 5.39. The minimum Gasteiger partial charge on any atom is -0.304 e. The summed E-state index contributed by atoms with van der Waals surface area (Å²) in [7, 11) is 0. The standard InChI is InChI=1S/C12H23N/c1-4-7-8-9-11-13-12(6-3)10-5-2/h3,12-13H,4-5,7-11H2,1-2H3. The summed E-state index contributed by atoms with van der Waals surface area (Å²) < 4.78 is 0. The molecule has 1 nitrogen and oxygen atoms in total. The van der Waals surface area contributed by atoms with Gasteiger partial charge in [-0.2, -0.15) is 0 Å². The first-order valence-corrected chi connectivity index (χ1v) is 5.54. The number of terminal acetylenes is 1. The fraction of sp³-hybridized carbons (Fsp3) is 0.833. The minimum absolute atomic E-state index is 0.298. The van der Waals surface area contributed by atoms with Crippen molar-refractivity contribution in [2.75, 3.05) is 6.54 Å². The Morgan fingerprint density at radius 2 is 1.92 bits per heavy atom. The molecule has 0 aromatic carbocycles. The molecule has 76 valence electrons. The highest BCUT2D eigenvalue weighted by Crippen LogP contribution is 1.99. The van der Waals surface area contributed by atoms with Gasteiger partial charge in [0.2, 0.25) is 0 Å². The molecule has 0 aliphatic carbocycles. The molecule has 0 aromatic heterocycles. The van der Waals surface area contributed by atoms with Crippen molar-refractivity contribution in [3.8, 4) is 12.3 Å². The van der Waals surface area contributed by atoms with Crippen molar-refractivity contribution in [3.63, 3.8) is 0 Å². The van der Waals surface area contributed by atoms with Gasteiger partial charge in [-0.3, -0.25) is 0 Å². The Balaban J connectivity index is 3.24. The normalized spacial score (nSPS) is 12.4. The van der Waals surface area contributed by atoms with Crippen LogP contribution in [-0.4, -0.2) is 12.6 Å². The van der Waals surface area contributed by atoms with Crippen LogP contribution < -0.4 is 5.32 Å². The molecule has 0 rings (SSSR count). The predicted molar refractivity (Wildman–Crippen MR) is 59.7 cm³/mol. The summed E-state index contributed by atoms with van der Waals surface area (Å²) in [6, 6.07) is 0.298. The van der Waals surface area contributed by atoms with Gasteiger partial charge in [0.1, 0.15) is 0 Å². The molecule has 0 spiro atoms. The van der Waals surface area contributed by atoms with E-state index in [0.717, 1.165) is 19.4 Å². The van der Waals surface area contributed by atoms with E-state index in [0.29, 0.717) is 6.04 Å². The van der Waals surface area contributed by atoms with Crippen molar-refractivity contribution in [2.45, 2.75) is 58.4 Å². The van der Waals surface area contributed by atoms with Gasteiger partial charge in [-0.1, -0.05) is 45.5 Å². The van der Waals surface area contributed by atoms with Crippen molar-refractivity contribution >= 4 is 0 Å². The lowest BCUT2D eigenvalue weighted by Gasteiger charge is -2.11. The fourth-order valence-corrected chi connectivity index (χ4v) is 1.36. The molecule has 0 saturated heterocycles. The fourth-order valence-electron chi connectivity index (χ4n) is 1.36. The second-order valence-electron chi connectivity index (χ2n) is 3.52. The summed E-state index contributed by atoms with van der Waals surface area (Å²) in [5.74, 6) is 2.78. The third kappa shape index (κ3) is 7.87. The summed E-state index contributed by atoms with van der Waals surface area (Å²) >= 11 is 0. The molecule has 1 atom stereocenters. The molecule has 13 heavy (non-hydrogen) atoms. The summed E-state index contributed by atoms with van der Waals surface area (Å²) in [4.78, 5) is 0. The van der Waals surface area contributed by atoms with Crippen molar-refractivity contribution in [1.82, 2.24) is 5.32 Å². The van der Waals surface area contributed by atoms with Crippen molar-refractivity contribution in [1.29, 1.82) is 0 Å². The van der Waals surface area contributed by atoms with E-state index < -0.39 is 0 Å². The average Bonchev–Trinajstić information content (AvgIpc) is 2.16. The van der Waals surface area contributed by atoms with E-state index in [2.05, 4.69) is 25.1 Å². The zero-order chi connectivity index (χ0) is 9.94. The van der Waals surface area contributed by atoms with Gasteiger partial charge < -0.3 is 5.32 Å². The Bertz CT molecular complexity index is 135. The zero-order valence-corrected chi connectivity index (χ0v) is 9.10. The minimum atomic E-state index is 0.298. The quantitative estimate of drug-likeness (QED) is 0.448. The first kappa shape index (κ1) is 12.5. The maximum absolute atomic E-state index is 5.39. The lowest BCUT2D eigenvalue weighted by atomic mass is 10.1. The molecule has 0 radical (unpaired) electrons. The van der Waals surface area contributed by atoms with Gasteiger partial charge in [0.25, 0.3) is 0 Å². The second kappa shape index (κ2) is 9.61. The molecule has 0 bridgehead atoms. The Morgan fingerprint density at radius 1 is 1.15 bits per heavy atom. The van der Waals surface area contributed by atoms with E-state index in [1.54, 1.807) is 0 Å². The highest BCUT2D eigenvalue weighted by molar-refractivity contribution is 4.98. The van der Waals surface area contributed by atoms with E-state index in [-0.39, 0.29) is 0 Å². The Hall–Kier alpha value is -0.480. The first-order valence-electron chi connectivity index (χ1n) is 5.54. The van der Waals surface area contributed by atoms with Crippen LogP contribution >= 0.6 is 0 Å². The van der Waals surface area contributed by atoms with Crippen LogP contribution in [0.5, 0.6) is 0 Å². The van der Waals surface area contributed by atoms with Crippen LogP contribution in [-0.2, 0) is 0 Å². The topological polar surface area (TPSA) is 12.0 Å². The van der Waals surface area contributed by atoms with Crippen LogP contribution in [0, 0.1) is 12.3 Å². The number of rotatable bonds is 8. The average molecular weight is 181 g/mol. The van der Waals surface area contributed by atoms with Crippen LogP contribution in [0.1, 0.15) is 52.4 Å². The van der Waals surface area contributed by atoms with E-state index in [1.807, 2.05) is 0 Å². The molecule has 0 aliphatic rings. The molecule has 0 heterocycles. The van der Waals surface area contributed by atoms with Crippen LogP contribution in [0.25, 0.3) is 0 Å². The van der Waals surface area contributed by atoms with E-state index >= 15 is 0 Å². The third-order valence-electron chi connectivity index (χ3n) is 2.20. The van der Waals surface area contributed by atoms with Crippen LogP contribution in [0.4, 0.5) is 0 Å². The van der Waals surface area contributed by atoms with E-state index in [4.69, 9.17) is 6.42 Å². The Morgan fingerprint density at radius 3 is 2.46 bits per heavy atom. The van der Waals surface area contributed by atoms with Crippen LogP contribution in [0.2, 0.25) is 0 Å². The number of nitrogens with one attached hydrogen (secondary N) is 1. The lowest BCUT2D eigenvalue weighted by molar-refractivity contribution is 0.532. The number of hydrogen-bond acceptors (Lipinski definition) is 1. The maximum Gasteiger partial charge on any atom is 0.0686 e. The highest BCUT2D eigenvalue weighted by Gasteiger charge is 2.00. The molecule has 1 N–H and O–H groups in total. The van der Waals surface area contributed by atoms with Crippen molar-refractivity contribution < 1.29 is 0 Å². The summed E-state index contributed by atoms with van der Waals surface area (Å²) in [6.07, 6.45) is 12.9. The predicted octanol–water partition coefficient (Wildman–Crippen LogP) is 2.96. The molecule has 0 aliphatic heterocycles. The molecule has 1 unspecified atom stereocenters. The monoisotopic (exact) mass is 181 g/mol. The van der Waals surface area contributed by atoms with Gasteiger partial charge in [0.05, 0.1) is 6.04 Å². The lowest BCUT2D eigenvalue weighted by Crippen LogP contribution is -2.28. The molecule has 0 fully saturated rings. The molecular weight excluding hydrogens is 158 g/mol. The summed E-state index contributed by atoms with van der Waals surface area (Å²) in [5, 5.41) is 3.39. The van der Waals surface area contributed by atoms with Crippen LogP contribution in [0.3, 0.4) is 0 Å². The highest BCUT2D eigenvalue weighted by atomic mass is 14.9. The SMILES string of the molecule is C#CC(CCC)NCCCCCC. The van der Waals surface area contributed by atoms with Gasteiger partial charge in [0, 0.05) is 0 Å². The molecule has 0 saturated carbocycles. The van der Waals surface area contributed by atoms with Gasteiger partial charge >= 0.3 is 0 Å². The smallest absolute Gasteiger partial charge is 0.0686 e. The Kier molecular flexibility index (Phi) is 9.25. The van der Waals surface area contributed by atoms with Crippen molar-refractivity contribution in [2.24, 2.45) is 0 Å². The molecule has 0 amide bonds. The van der Waals surface area contributed by atoms with Gasteiger partial charge in [-0.05, 0) is 19.4 Å². The largest absolute Gasteiger partial charge is 0.304 e. The summed E-state index contributed by atoms with van der Waals surface area (Å²) in [6.45, 7) is 5.48. The zero-order valence-electron chi connectivity index (χ0n) is 9.10. The third-order valence-corrected chi connectivity index (χ3v) is 2.20. The molecular formula is C12H23N. The number of hydrogen-bond donors (Lipinski definition) is 1. The van der Waals surface area contributed by atoms with Crippen LogP contribution in [0.15, 0.2) is 0 Å². The summed E-state index contributed by atoms with van der Waals surface area (Å²) in [5.41, 5.74) is 0. The Labute approximate surface area is 83.3 Å². The number of unbranched alkanes of at least 4 members (excludes halogenated alkanes) is 3. The van der Waals surface area contributed by atoms with Crippen molar-refractivity contribution in [3.05, 3.63) is 0 Å². The second-order valence-corrected chi connectivity index (χ2v) is 3.52. The molecule has 1 heteroatoms. The molecule has 0 aromatic rings. The van der Waals surface area contributed by atoms with Gasteiger partial charge in [-0.25, -0.2) is 0 Å².